The molecule has 2 nitrogen and oxygen atoms in total. The van der Waals surface area contributed by atoms with Crippen molar-refractivity contribution in [1.82, 2.24) is 0 Å². The summed E-state index contributed by atoms with van der Waals surface area (Å²) in [5.74, 6) is -0.545. The molecule has 0 atom stereocenters. The van der Waals surface area contributed by atoms with Crippen molar-refractivity contribution < 1.29 is 4.39 Å². The monoisotopic (exact) mass is 172 g/mol. The van der Waals surface area contributed by atoms with Crippen LogP contribution in [0.4, 0.5) is 4.39 Å². The molecule has 62 valence electrons. The van der Waals surface area contributed by atoms with Gasteiger partial charge in [0.15, 0.2) is 0 Å². The fourth-order valence-corrected chi connectivity index (χ4v) is 0.866. The summed E-state index contributed by atoms with van der Waals surface area (Å²) in [5.41, 5.74) is 0.625. The molecule has 0 aliphatic rings. The van der Waals surface area contributed by atoms with E-state index in [1.165, 1.54) is 30.4 Å². The number of rotatable bonds is 1. The molecule has 0 aliphatic carbocycles. The number of hydrogen-bond donors (Lipinski definition) is 0. The van der Waals surface area contributed by atoms with Gasteiger partial charge in [0.25, 0.3) is 0 Å². The maximum Gasteiger partial charge on any atom is 0.140 e. The first kappa shape index (κ1) is 8.96. The standard InChI is InChI=1S/C10H5FN2/c11-10-4-3-8(2-1-5-12)6-9(10)7-13/h1-4,6H/b2-1+. The molecule has 0 aromatic heterocycles. The molecule has 1 aromatic rings. The molecule has 3 heteroatoms. The summed E-state index contributed by atoms with van der Waals surface area (Å²) in [6.07, 6.45) is 2.79. The number of halogens is 1. The van der Waals surface area contributed by atoms with Crippen LogP contribution in [-0.4, -0.2) is 0 Å². The second-order valence-corrected chi connectivity index (χ2v) is 2.31. The quantitative estimate of drug-likeness (QED) is 0.610. The molecular weight excluding hydrogens is 167 g/mol. The highest BCUT2D eigenvalue weighted by Gasteiger charge is 1.99. The lowest BCUT2D eigenvalue weighted by molar-refractivity contribution is 0.624. The predicted octanol–water partition coefficient (Wildman–Crippen LogP) is 2.23. The van der Waals surface area contributed by atoms with Gasteiger partial charge in [-0.15, -0.1) is 0 Å². The topological polar surface area (TPSA) is 47.6 Å². The molecule has 0 N–H and O–H groups in total. The van der Waals surface area contributed by atoms with Crippen LogP contribution in [0.3, 0.4) is 0 Å². The molecule has 0 bridgehead atoms. The number of allylic oxidation sites excluding steroid dienone is 1. The predicted molar refractivity (Wildman–Crippen MR) is 45.8 cm³/mol. The van der Waals surface area contributed by atoms with Crippen molar-refractivity contribution >= 4 is 6.08 Å². The van der Waals surface area contributed by atoms with Crippen molar-refractivity contribution in [2.24, 2.45) is 0 Å². The Bertz CT molecular complexity index is 422. The van der Waals surface area contributed by atoms with Gasteiger partial charge in [0.05, 0.1) is 11.6 Å². The SMILES string of the molecule is N#C/C=C/c1ccc(F)c(C#N)c1. The van der Waals surface area contributed by atoms with Gasteiger partial charge in [-0.25, -0.2) is 4.39 Å². The first-order chi connectivity index (χ1) is 6.27. The number of nitriles is 2. The molecule has 0 fully saturated rings. The van der Waals surface area contributed by atoms with Gasteiger partial charge in [0.2, 0.25) is 0 Å². The second kappa shape index (κ2) is 4.04. The molecule has 1 aromatic carbocycles. The summed E-state index contributed by atoms with van der Waals surface area (Å²) in [5, 5.41) is 16.7. The molecule has 0 amide bonds. The average molecular weight is 172 g/mol. The van der Waals surface area contributed by atoms with E-state index in [1.54, 1.807) is 6.07 Å². The Labute approximate surface area is 75.2 Å². The Balaban J connectivity index is 3.10. The second-order valence-electron chi connectivity index (χ2n) is 2.31. The Kier molecular flexibility index (Phi) is 2.78. The third kappa shape index (κ3) is 2.15. The smallest absolute Gasteiger partial charge is 0.140 e. The minimum atomic E-state index is -0.545. The van der Waals surface area contributed by atoms with Crippen molar-refractivity contribution in [3.05, 3.63) is 41.2 Å². The van der Waals surface area contributed by atoms with E-state index >= 15 is 0 Å². The van der Waals surface area contributed by atoms with E-state index < -0.39 is 5.82 Å². The fraction of sp³-hybridized carbons (Fsp3) is 0. The zero-order chi connectivity index (χ0) is 9.68. The highest BCUT2D eigenvalue weighted by Crippen LogP contribution is 2.10. The van der Waals surface area contributed by atoms with E-state index in [-0.39, 0.29) is 5.56 Å². The van der Waals surface area contributed by atoms with Gasteiger partial charge >= 0.3 is 0 Å². The third-order valence-corrected chi connectivity index (χ3v) is 1.46. The summed E-state index contributed by atoms with van der Waals surface area (Å²) in [4.78, 5) is 0. The maximum absolute atomic E-state index is 12.8. The largest absolute Gasteiger partial charge is 0.206 e. The van der Waals surface area contributed by atoms with Gasteiger partial charge in [0, 0.05) is 6.08 Å². The highest BCUT2D eigenvalue weighted by molar-refractivity contribution is 5.54. The fourth-order valence-electron chi connectivity index (χ4n) is 0.866. The summed E-state index contributed by atoms with van der Waals surface area (Å²) < 4.78 is 12.8. The Morgan fingerprint density at radius 3 is 2.69 bits per heavy atom. The third-order valence-electron chi connectivity index (χ3n) is 1.46. The van der Waals surface area contributed by atoms with Gasteiger partial charge in [-0.2, -0.15) is 10.5 Å². The van der Waals surface area contributed by atoms with Gasteiger partial charge < -0.3 is 0 Å². The zero-order valence-electron chi connectivity index (χ0n) is 6.66. The van der Waals surface area contributed by atoms with Crippen LogP contribution in [0.25, 0.3) is 6.08 Å². The molecule has 0 radical (unpaired) electrons. The zero-order valence-corrected chi connectivity index (χ0v) is 6.66. The minimum Gasteiger partial charge on any atom is -0.206 e. The Morgan fingerprint density at radius 2 is 2.08 bits per heavy atom. The van der Waals surface area contributed by atoms with Crippen LogP contribution < -0.4 is 0 Å². The van der Waals surface area contributed by atoms with Gasteiger partial charge in [-0.1, -0.05) is 6.07 Å². The Morgan fingerprint density at radius 1 is 1.31 bits per heavy atom. The van der Waals surface area contributed by atoms with Crippen LogP contribution in [-0.2, 0) is 0 Å². The van der Waals surface area contributed by atoms with E-state index in [4.69, 9.17) is 10.5 Å². The van der Waals surface area contributed by atoms with E-state index in [0.717, 1.165) is 0 Å². The van der Waals surface area contributed by atoms with Crippen LogP contribution in [0.15, 0.2) is 24.3 Å². The maximum atomic E-state index is 12.8. The van der Waals surface area contributed by atoms with Crippen molar-refractivity contribution in [2.45, 2.75) is 0 Å². The molecule has 0 unspecified atom stereocenters. The molecule has 1 rings (SSSR count). The number of hydrogen-bond acceptors (Lipinski definition) is 2. The van der Waals surface area contributed by atoms with Crippen LogP contribution >= 0.6 is 0 Å². The summed E-state index contributed by atoms with van der Waals surface area (Å²) >= 11 is 0. The van der Waals surface area contributed by atoms with Crippen molar-refractivity contribution in [3.8, 4) is 12.1 Å². The lowest BCUT2D eigenvalue weighted by Crippen LogP contribution is -1.83. The first-order valence-corrected chi connectivity index (χ1v) is 3.53. The van der Waals surface area contributed by atoms with E-state index in [1.807, 2.05) is 6.07 Å². The molecule has 13 heavy (non-hydrogen) atoms. The van der Waals surface area contributed by atoms with Crippen LogP contribution in [0.5, 0.6) is 0 Å². The van der Waals surface area contributed by atoms with Gasteiger partial charge in [0.1, 0.15) is 11.9 Å². The summed E-state index contributed by atoms with van der Waals surface area (Å²) in [7, 11) is 0. The van der Waals surface area contributed by atoms with Crippen LogP contribution in [0.1, 0.15) is 11.1 Å². The highest BCUT2D eigenvalue weighted by atomic mass is 19.1. The summed E-state index contributed by atoms with van der Waals surface area (Å²) in [6.45, 7) is 0. The number of nitrogens with zero attached hydrogens (tertiary/aromatic N) is 2. The van der Waals surface area contributed by atoms with Gasteiger partial charge in [-0.05, 0) is 23.8 Å². The summed E-state index contributed by atoms with van der Waals surface area (Å²) in [6, 6.07) is 7.63. The van der Waals surface area contributed by atoms with Crippen molar-refractivity contribution in [3.63, 3.8) is 0 Å². The first-order valence-electron chi connectivity index (χ1n) is 3.53. The molecule has 0 spiro atoms. The molecule has 0 saturated carbocycles. The molecule has 0 saturated heterocycles. The van der Waals surface area contributed by atoms with E-state index in [0.29, 0.717) is 5.56 Å². The normalized spacial score (nSPS) is 9.46. The molecular formula is C10H5FN2. The lowest BCUT2D eigenvalue weighted by Gasteiger charge is -1.94. The van der Waals surface area contributed by atoms with Crippen molar-refractivity contribution in [1.29, 1.82) is 10.5 Å². The van der Waals surface area contributed by atoms with E-state index in [9.17, 15) is 4.39 Å². The number of benzene rings is 1. The Hall–Kier alpha value is -2.13. The van der Waals surface area contributed by atoms with Crippen molar-refractivity contribution in [2.75, 3.05) is 0 Å². The lowest BCUT2D eigenvalue weighted by atomic mass is 10.1. The molecule has 0 heterocycles. The van der Waals surface area contributed by atoms with Crippen LogP contribution in [0, 0.1) is 28.5 Å². The van der Waals surface area contributed by atoms with Gasteiger partial charge in [-0.3, -0.25) is 0 Å². The molecule has 0 aliphatic heterocycles. The van der Waals surface area contributed by atoms with Crippen LogP contribution in [0.2, 0.25) is 0 Å². The minimum absolute atomic E-state index is 0.0138. The average Bonchev–Trinajstić information content (AvgIpc) is 2.16. The van der Waals surface area contributed by atoms with E-state index in [2.05, 4.69) is 0 Å².